The Balaban J connectivity index is 1.74. The summed E-state index contributed by atoms with van der Waals surface area (Å²) in [7, 11) is 0. The minimum absolute atomic E-state index is 0.331. The van der Waals surface area contributed by atoms with Gasteiger partial charge in [-0.1, -0.05) is 60.7 Å². The first-order valence-corrected chi connectivity index (χ1v) is 8.73. The van der Waals surface area contributed by atoms with E-state index in [-0.39, 0.29) is 0 Å². The van der Waals surface area contributed by atoms with Crippen molar-refractivity contribution in [3.05, 3.63) is 95.1 Å². The molecule has 4 aliphatic rings. The summed E-state index contributed by atoms with van der Waals surface area (Å²) in [4.78, 5) is 2.56. The maximum atomic E-state index is 2.56. The van der Waals surface area contributed by atoms with Gasteiger partial charge >= 0.3 is 0 Å². The van der Waals surface area contributed by atoms with Gasteiger partial charge in [-0.25, -0.2) is 0 Å². The Morgan fingerprint density at radius 3 is 1.67 bits per heavy atom. The Morgan fingerprint density at radius 1 is 0.625 bits per heavy atom. The van der Waals surface area contributed by atoms with Gasteiger partial charge in [-0.05, 0) is 47.3 Å². The standard InChI is InChI=1S/C23H17N/c1-3-13-21-17(7-1)15-9-5-11-19(15)23-20-12-6-10-16(20)18-8-2-4-14-22(18)24(21)23/h1-4,7-14,23H,5-6H2. The van der Waals surface area contributed by atoms with E-state index in [1.54, 1.807) is 0 Å². The molecule has 0 saturated carbocycles. The summed E-state index contributed by atoms with van der Waals surface area (Å²) in [5.41, 5.74) is 11.3. The average Bonchev–Trinajstić information content (AvgIpc) is 3.31. The van der Waals surface area contributed by atoms with E-state index in [0.717, 1.165) is 12.8 Å². The molecule has 0 radical (unpaired) electrons. The predicted molar refractivity (Wildman–Crippen MR) is 100 cm³/mol. The minimum Gasteiger partial charge on any atom is -0.329 e. The number of hydrogen-bond donors (Lipinski definition) is 0. The number of allylic oxidation sites excluding steroid dienone is 4. The van der Waals surface area contributed by atoms with Crippen LogP contribution in [-0.2, 0) is 0 Å². The molecule has 0 saturated heterocycles. The van der Waals surface area contributed by atoms with Crippen LogP contribution in [0.2, 0.25) is 0 Å². The molecule has 0 aromatic heterocycles. The Bertz CT molecular complexity index is 934. The van der Waals surface area contributed by atoms with Crippen molar-refractivity contribution in [2.75, 3.05) is 4.90 Å². The quantitative estimate of drug-likeness (QED) is 0.608. The van der Waals surface area contributed by atoms with Gasteiger partial charge in [0.2, 0.25) is 0 Å². The second-order valence-electron chi connectivity index (χ2n) is 6.83. The van der Waals surface area contributed by atoms with Crippen LogP contribution in [0.1, 0.15) is 24.0 Å². The molecular formula is C23H17N. The zero-order valence-electron chi connectivity index (χ0n) is 13.4. The van der Waals surface area contributed by atoms with Gasteiger partial charge < -0.3 is 4.90 Å². The molecule has 2 aliphatic heterocycles. The molecule has 2 aromatic rings. The number of hydrogen-bond acceptors (Lipinski definition) is 1. The Morgan fingerprint density at radius 2 is 1.12 bits per heavy atom. The fourth-order valence-corrected chi connectivity index (χ4v) is 4.79. The third kappa shape index (κ3) is 1.41. The first-order chi connectivity index (χ1) is 11.9. The van der Waals surface area contributed by atoms with E-state index in [4.69, 9.17) is 0 Å². The van der Waals surface area contributed by atoms with Crippen molar-refractivity contribution in [3.63, 3.8) is 0 Å². The van der Waals surface area contributed by atoms with Gasteiger partial charge in [0.05, 0.1) is 6.04 Å². The van der Waals surface area contributed by atoms with Crippen LogP contribution >= 0.6 is 0 Å². The molecule has 114 valence electrons. The highest BCUT2D eigenvalue weighted by Crippen LogP contribution is 2.55. The van der Waals surface area contributed by atoms with E-state index in [1.165, 1.54) is 44.8 Å². The summed E-state index contributed by atoms with van der Waals surface area (Å²) < 4.78 is 0. The van der Waals surface area contributed by atoms with Crippen LogP contribution in [0.15, 0.2) is 84.0 Å². The van der Waals surface area contributed by atoms with E-state index in [2.05, 4.69) is 77.7 Å². The third-order valence-corrected chi connectivity index (χ3v) is 5.70. The summed E-state index contributed by atoms with van der Waals surface area (Å²) in [5.74, 6) is 0. The molecule has 0 amide bonds. The molecule has 1 nitrogen and oxygen atoms in total. The molecule has 0 atom stereocenters. The van der Waals surface area contributed by atoms with Crippen LogP contribution in [0.25, 0.3) is 11.1 Å². The normalized spacial score (nSPS) is 20.1. The first kappa shape index (κ1) is 12.6. The van der Waals surface area contributed by atoms with E-state index in [0.29, 0.717) is 6.04 Å². The highest BCUT2D eigenvalue weighted by atomic mass is 15.2. The summed E-state index contributed by atoms with van der Waals surface area (Å²) in [6, 6.07) is 18.1. The minimum atomic E-state index is 0.331. The summed E-state index contributed by atoms with van der Waals surface area (Å²) >= 11 is 0. The van der Waals surface area contributed by atoms with Crippen molar-refractivity contribution in [3.8, 4) is 0 Å². The van der Waals surface area contributed by atoms with Crippen molar-refractivity contribution < 1.29 is 0 Å². The Hall–Kier alpha value is -2.80. The molecule has 6 rings (SSSR count). The van der Waals surface area contributed by atoms with Gasteiger partial charge in [0, 0.05) is 22.5 Å². The van der Waals surface area contributed by atoms with Crippen LogP contribution in [-0.4, -0.2) is 6.04 Å². The van der Waals surface area contributed by atoms with E-state index < -0.39 is 0 Å². The van der Waals surface area contributed by atoms with Gasteiger partial charge in [0.1, 0.15) is 0 Å². The van der Waals surface area contributed by atoms with Crippen LogP contribution in [0.4, 0.5) is 11.4 Å². The van der Waals surface area contributed by atoms with Crippen molar-refractivity contribution in [1.82, 2.24) is 0 Å². The lowest BCUT2D eigenvalue weighted by atomic mass is 9.77. The Kier molecular flexibility index (Phi) is 2.30. The van der Waals surface area contributed by atoms with Crippen molar-refractivity contribution in [2.45, 2.75) is 18.9 Å². The third-order valence-electron chi connectivity index (χ3n) is 5.70. The zero-order valence-corrected chi connectivity index (χ0v) is 13.4. The molecule has 2 aromatic carbocycles. The van der Waals surface area contributed by atoms with Crippen LogP contribution in [0, 0.1) is 0 Å². The van der Waals surface area contributed by atoms with Crippen LogP contribution in [0.3, 0.4) is 0 Å². The lowest BCUT2D eigenvalue weighted by molar-refractivity contribution is 0.854. The summed E-state index contributed by atoms with van der Waals surface area (Å²) in [5, 5.41) is 0. The fraction of sp³-hybridized carbons (Fsp3) is 0.130. The van der Waals surface area contributed by atoms with Crippen molar-refractivity contribution in [2.24, 2.45) is 0 Å². The van der Waals surface area contributed by atoms with Crippen molar-refractivity contribution in [1.29, 1.82) is 0 Å². The predicted octanol–water partition coefficient (Wildman–Crippen LogP) is 5.65. The van der Waals surface area contributed by atoms with Gasteiger partial charge in [0.15, 0.2) is 0 Å². The molecule has 2 heterocycles. The topological polar surface area (TPSA) is 3.24 Å². The fourth-order valence-electron chi connectivity index (χ4n) is 4.79. The maximum Gasteiger partial charge on any atom is 0.0851 e. The second kappa shape index (κ2) is 4.39. The van der Waals surface area contributed by atoms with E-state index >= 15 is 0 Å². The summed E-state index contributed by atoms with van der Waals surface area (Å²) in [6.07, 6.45) is 11.7. The first-order valence-electron chi connectivity index (χ1n) is 8.73. The number of fused-ring (bicyclic) bond motifs is 11. The van der Waals surface area contributed by atoms with E-state index in [1.807, 2.05) is 0 Å². The molecule has 2 aliphatic carbocycles. The van der Waals surface area contributed by atoms with Crippen LogP contribution in [0.5, 0.6) is 0 Å². The largest absolute Gasteiger partial charge is 0.329 e. The molecule has 1 heteroatoms. The maximum absolute atomic E-state index is 2.56. The molecular weight excluding hydrogens is 290 g/mol. The molecule has 24 heavy (non-hydrogen) atoms. The zero-order chi connectivity index (χ0) is 15.7. The average molecular weight is 307 g/mol. The molecule has 0 fully saturated rings. The van der Waals surface area contributed by atoms with Gasteiger partial charge in [-0.3, -0.25) is 0 Å². The number of anilines is 2. The van der Waals surface area contributed by atoms with Gasteiger partial charge in [-0.2, -0.15) is 0 Å². The Labute approximate surface area is 141 Å². The number of nitrogens with zero attached hydrogens (tertiary/aromatic N) is 1. The SMILES string of the molecule is C1=C2C(=CC1)C1C3=CCC=C3c3ccccc3N1c1ccccc12. The van der Waals surface area contributed by atoms with Gasteiger partial charge in [0.25, 0.3) is 0 Å². The molecule has 0 spiro atoms. The highest BCUT2D eigenvalue weighted by molar-refractivity contribution is 6.04. The highest BCUT2D eigenvalue weighted by Gasteiger charge is 2.42. The smallest absolute Gasteiger partial charge is 0.0851 e. The molecule has 0 unspecified atom stereocenters. The van der Waals surface area contributed by atoms with Gasteiger partial charge in [-0.15, -0.1) is 0 Å². The number of para-hydroxylation sites is 2. The van der Waals surface area contributed by atoms with E-state index in [9.17, 15) is 0 Å². The van der Waals surface area contributed by atoms with Crippen LogP contribution < -0.4 is 4.90 Å². The lowest BCUT2D eigenvalue weighted by Crippen LogP contribution is -2.41. The molecule has 0 N–H and O–H groups in total. The monoisotopic (exact) mass is 307 g/mol. The number of rotatable bonds is 0. The second-order valence-corrected chi connectivity index (χ2v) is 6.83. The summed E-state index contributed by atoms with van der Waals surface area (Å²) in [6.45, 7) is 0. The van der Waals surface area contributed by atoms with Crippen molar-refractivity contribution >= 4 is 22.5 Å². The lowest BCUT2D eigenvalue weighted by Gasteiger charge is -2.46. The molecule has 0 bridgehead atoms. The number of benzene rings is 2.